The van der Waals surface area contributed by atoms with E-state index in [2.05, 4.69) is 19.9 Å². The second-order valence-corrected chi connectivity index (χ2v) is 15.6. The molecule has 0 aromatic carbocycles. The molecule has 11 heteroatoms. The molecule has 0 unspecified atom stereocenters. The van der Waals surface area contributed by atoms with Crippen molar-refractivity contribution in [3.05, 3.63) is 23.0 Å². The van der Waals surface area contributed by atoms with Gasteiger partial charge in [-0.3, -0.25) is 4.79 Å². The van der Waals surface area contributed by atoms with Gasteiger partial charge in [-0.25, -0.2) is 0 Å². The fraction of sp³-hybridized carbons (Fsp3) is 0.865. The van der Waals surface area contributed by atoms with Gasteiger partial charge in [0.05, 0.1) is 35.9 Å². The Hall–Kier alpha value is -1.57. The first-order valence-corrected chi connectivity index (χ1v) is 17.8. The van der Waals surface area contributed by atoms with Crippen LogP contribution in [-0.2, 0) is 38.0 Å². The summed E-state index contributed by atoms with van der Waals surface area (Å²) in [5.41, 5.74) is 0.334. The van der Waals surface area contributed by atoms with E-state index in [4.69, 9.17) is 33.2 Å². The van der Waals surface area contributed by atoms with Crippen molar-refractivity contribution >= 4 is 5.97 Å². The number of aliphatic hydroxyl groups excluding tert-OH is 2. The van der Waals surface area contributed by atoms with Gasteiger partial charge in [-0.15, -0.1) is 0 Å². The van der Waals surface area contributed by atoms with Crippen molar-refractivity contribution in [2.45, 2.75) is 167 Å². The highest BCUT2D eigenvalue weighted by Gasteiger charge is 2.50. The Morgan fingerprint density at radius 1 is 1.02 bits per heavy atom. The van der Waals surface area contributed by atoms with E-state index in [0.29, 0.717) is 19.3 Å². The molecule has 11 nitrogen and oxygen atoms in total. The number of fused-ring (bicyclic) bond motifs is 2. The molecule has 0 amide bonds. The van der Waals surface area contributed by atoms with Crippen LogP contribution < -0.4 is 0 Å². The number of nitrogens with zero attached hydrogens (tertiary/aromatic N) is 1. The number of hydrogen-bond donors (Lipinski definition) is 2. The number of methoxy groups -OCH3 is 1. The minimum Gasteiger partial charge on any atom is -0.479 e. The second kappa shape index (κ2) is 15.4. The van der Waals surface area contributed by atoms with Gasteiger partial charge in [0.15, 0.2) is 18.2 Å². The molecule has 2 bridgehead atoms. The third-order valence-corrected chi connectivity index (χ3v) is 11.3. The largest absolute Gasteiger partial charge is 0.479 e. The summed E-state index contributed by atoms with van der Waals surface area (Å²) in [4.78, 5) is 16.1. The fourth-order valence-corrected chi connectivity index (χ4v) is 8.33. The van der Waals surface area contributed by atoms with Gasteiger partial charge in [0.25, 0.3) is 0 Å². The van der Waals surface area contributed by atoms with E-state index in [1.165, 1.54) is 0 Å². The SMILES string of the molecule is CC[C@H]1OC(=O)[C@H](C)[C@H](O[C@H]2C[C@@](C)(OC)[C@@H](O)[C@H](C)O2)[C@H](C)[C@@H](O[C@@H]2O[C@H](C)C[C@H](N(C)C)[C@H]2O)[C@@H](C)C/C(C)=C2\O[C@@]1(C)C=C2C. The van der Waals surface area contributed by atoms with Crippen LogP contribution in [0.1, 0.15) is 94.9 Å². The minimum absolute atomic E-state index is 0.101. The van der Waals surface area contributed by atoms with E-state index < -0.39 is 78.2 Å². The lowest BCUT2D eigenvalue weighted by Gasteiger charge is -2.47. The van der Waals surface area contributed by atoms with Crippen LogP contribution in [0.15, 0.2) is 23.0 Å². The van der Waals surface area contributed by atoms with Gasteiger partial charge in [0.2, 0.25) is 0 Å². The fourth-order valence-electron chi connectivity index (χ4n) is 8.33. The molecule has 0 radical (unpaired) electrons. The van der Waals surface area contributed by atoms with Crippen molar-refractivity contribution < 1.29 is 48.2 Å². The molecule has 15 atom stereocenters. The van der Waals surface area contributed by atoms with Gasteiger partial charge in [0.1, 0.15) is 24.1 Å². The lowest BCUT2D eigenvalue weighted by atomic mass is 9.81. The average Bonchev–Trinajstić information content (AvgIpc) is 3.34. The molecular weight excluding hydrogens is 618 g/mol. The zero-order valence-corrected chi connectivity index (χ0v) is 31.5. The number of allylic oxidation sites excluding steroid dienone is 2. The molecule has 2 fully saturated rings. The maximum atomic E-state index is 14.1. The first kappa shape index (κ1) is 39.2. The predicted octanol–water partition coefficient (Wildman–Crippen LogP) is 4.73. The standard InChI is InChI=1S/C37H63NO10/c1-14-27-36(9)17-21(4)30(48-36)19(2)15-20(3)31(47-35-29(39)26(38(11)12)16-22(5)43-35)23(6)32(24(7)34(41)45-27)46-28-18-37(10,42-13)33(40)25(8)44-28/h17,20,22-29,31-33,35,39-40H,14-16,18H2,1-13H3/b30-19-/t20-,22+,23+,24+,25-,26-,27+,28-,29+,31-,32+,33-,35-,36-,37+/m0/s1. The molecule has 48 heavy (non-hydrogen) atoms. The summed E-state index contributed by atoms with van der Waals surface area (Å²) in [5.74, 6) is -0.833. The summed E-state index contributed by atoms with van der Waals surface area (Å²) in [6, 6.07) is -0.150. The average molecular weight is 682 g/mol. The van der Waals surface area contributed by atoms with Crippen LogP contribution in [0, 0.1) is 17.8 Å². The van der Waals surface area contributed by atoms with E-state index in [-0.39, 0.29) is 24.5 Å². The van der Waals surface area contributed by atoms with Crippen LogP contribution in [-0.4, -0.2) is 115 Å². The number of hydrogen-bond acceptors (Lipinski definition) is 11. The van der Waals surface area contributed by atoms with Gasteiger partial charge in [-0.2, -0.15) is 0 Å². The van der Waals surface area contributed by atoms with Crippen LogP contribution in [0.2, 0.25) is 0 Å². The molecule has 0 aliphatic carbocycles. The van der Waals surface area contributed by atoms with E-state index in [9.17, 15) is 15.0 Å². The lowest BCUT2D eigenvalue weighted by Crippen LogP contribution is -2.58. The number of aliphatic hydroxyl groups is 2. The molecular formula is C37H63NO10. The monoisotopic (exact) mass is 681 g/mol. The molecule has 0 aromatic heterocycles. The first-order chi connectivity index (χ1) is 22.3. The van der Waals surface area contributed by atoms with E-state index in [1.807, 2.05) is 67.5 Å². The van der Waals surface area contributed by atoms with Crippen LogP contribution in [0.25, 0.3) is 0 Å². The minimum atomic E-state index is -0.912. The van der Waals surface area contributed by atoms with E-state index >= 15 is 0 Å². The normalized spacial score (nSPS) is 47.8. The third kappa shape index (κ3) is 7.99. The Morgan fingerprint density at radius 3 is 2.29 bits per heavy atom. The van der Waals surface area contributed by atoms with E-state index in [1.54, 1.807) is 14.0 Å². The van der Waals surface area contributed by atoms with Crippen molar-refractivity contribution in [2.24, 2.45) is 17.8 Å². The number of carbonyl (C=O) groups excluding carboxylic acids is 1. The Bertz CT molecular complexity index is 1190. The topological polar surface area (TPSA) is 125 Å². The summed E-state index contributed by atoms with van der Waals surface area (Å²) < 4.78 is 44.7. The molecule has 4 aliphatic heterocycles. The van der Waals surface area contributed by atoms with Crippen molar-refractivity contribution in [3.8, 4) is 0 Å². The molecule has 0 saturated carbocycles. The number of cyclic esters (lactones) is 1. The summed E-state index contributed by atoms with van der Waals surface area (Å²) in [6.45, 7) is 19.6. The number of carbonyl (C=O) groups is 1. The Balaban J connectivity index is 1.78. The van der Waals surface area contributed by atoms with Crippen molar-refractivity contribution in [1.82, 2.24) is 4.90 Å². The molecule has 4 aliphatic rings. The summed E-state index contributed by atoms with van der Waals surface area (Å²) in [6.07, 6.45) is -1.69. The lowest BCUT2D eigenvalue weighted by molar-refractivity contribution is -0.308. The van der Waals surface area contributed by atoms with Gasteiger partial charge < -0.3 is 48.3 Å². The molecule has 0 aromatic rings. The van der Waals surface area contributed by atoms with Crippen LogP contribution in [0.4, 0.5) is 0 Å². The molecule has 4 heterocycles. The molecule has 2 N–H and O–H groups in total. The van der Waals surface area contributed by atoms with Gasteiger partial charge in [-0.1, -0.05) is 20.8 Å². The van der Waals surface area contributed by atoms with Gasteiger partial charge in [0, 0.05) is 25.5 Å². The third-order valence-electron chi connectivity index (χ3n) is 11.3. The summed E-state index contributed by atoms with van der Waals surface area (Å²) in [5, 5.41) is 22.4. The van der Waals surface area contributed by atoms with E-state index in [0.717, 1.165) is 16.9 Å². The van der Waals surface area contributed by atoms with Crippen molar-refractivity contribution in [1.29, 1.82) is 0 Å². The second-order valence-electron chi connectivity index (χ2n) is 15.6. The quantitative estimate of drug-likeness (QED) is 0.363. The van der Waals surface area contributed by atoms with Crippen molar-refractivity contribution in [3.63, 3.8) is 0 Å². The van der Waals surface area contributed by atoms with Crippen LogP contribution in [0.3, 0.4) is 0 Å². The van der Waals surface area contributed by atoms with Gasteiger partial charge in [-0.05, 0) is 105 Å². The highest BCUT2D eigenvalue weighted by molar-refractivity contribution is 5.73. The Morgan fingerprint density at radius 2 is 1.69 bits per heavy atom. The van der Waals surface area contributed by atoms with Crippen LogP contribution in [0.5, 0.6) is 0 Å². The molecule has 2 saturated heterocycles. The number of likely N-dealkylation sites (N-methyl/N-ethyl adjacent to an activating group) is 1. The van der Waals surface area contributed by atoms with Crippen molar-refractivity contribution in [2.75, 3.05) is 21.2 Å². The number of rotatable bonds is 7. The van der Waals surface area contributed by atoms with Crippen LogP contribution >= 0.6 is 0 Å². The maximum absolute atomic E-state index is 14.1. The molecule has 4 rings (SSSR count). The summed E-state index contributed by atoms with van der Waals surface area (Å²) >= 11 is 0. The maximum Gasteiger partial charge on any atom is 0.311 e. The van der Waals surface area contributed by atoms with Gasteiger partial charge >= 0.3 is 5.97 Å². The zero-order chi connectivity index (χ0) is 35.9. The number of ether oxygens (including phenoxy) is 7. The smallest absolute Gasteiger partial charge is 0.311 e. The Kier molecular flexibility index (Phi) is 12.5. The Labute approximate surface area is 288 Å². The first-order valence-electron chi connectivity index (χ1n) is 17.8. The summed E-state index contributed by atoms with van der Waals surface area (Å²) in [7, 11) is 5.46. The molecule has 0 spiro atoms. The predicted molar refractivity (Wildman–Crippen MR) is 181 cm³/mol. The highest BCUT2D eigenvalue weighted by Crippen LogP contribution is 2.42. The zero-order valence-electron chi connectivity index (χ0n) is 31.5. The number of esters is 1. The highest BCUT2D eigenvalue weighted by atomic mass is 16.7. The molecule has 276 valence electrons.